The molecule has 1 fully saturated rings. The molecule has 0 radical (unpaired) electrons. The SMILES string of the molecule is N#CCC(NCC1CCCC(O)C1)c1ccccc1. The van der Waals surface area contributed by atoms with Gasteiger partial charge in [0.1, 0.15) is 0 Å². The predicted octanol–water partition coefficient (Wildman–Crippen LogP) is 2.78. The molecule has 3 unspecified atom stereocenters. The molecule has 0 heterocycles. The van der Waals surface area contributed by atoms with Crippen molar-refractivity contribution in [2.75, 3.05) is 6.54 Å². The normalized spacial score (nSPS) is 24.6. The number of aliphatic hydroxyl groups excluding tert-OH is 1. The van der Waals surface area contributed by atoms with Crippen LogP contribution in [0.5, 0.6) is 0 Å². The maximum Gasteiger partial charge on any atom is 0.0641 e. The molecule has 102 valence electrons. The number of benzene rings is 1. The Morgan fingerprint density at radius 2 is 2.11 bits per heavy atom. The number of nitriles is 1. The van der Waals surface area contributed by atoms with E-state index in [2.05, 4.69) is 23.5 Å². The van der Waals surface area contributed by atoms with E-state index in [9.17, 15) is 5.11 Å². The Morgan fingerprint density at radius 3 is 2.79 bits per heavy atom. The van der Waals surface area contributed by atoms with Gasteiger partial charge in [0, 0.05) is 6.04 Å². The van der Waals surface area contributed by atoms with Gasteiger partial charge in [0.15, 0.2) is 0 Å². The average molecular weight is 258 g/mol. The van der Waals surface area contributed by atoms with Gasteiger partial charge in [-0.25, -0.2) is 0 Å². The summed E-state index contributed by atoms with van der Waals surface area (Å²) in [6, 6.07) is 12.5. The van der Waals surface area contributed by atoms with Crippen LogP contribution in [0.3, 0.4) is 0 Å². The summed E-state index contributed by atoms with van der Waals surface area (Å²) < 4.78 is 0. The van der Waals surface area contributed by atoms with Crippen LogP contribution < -0.4 is 5.32 Å². The van der Waals surface area contributed by atoms with E-state index >= 15 is 0 Å². The molecule has 0 spiro atoms. The van der Waals surface area contributed by atoms with Crippen molar-refractivity contribution in [3.63, 3.8) is 0 Å². The number of aliphatic hydroxyl groups is 1. The van der Waals surface area contributed by atoms with Gasteiger partial charge in [-0.15, -0.1) is 0 Å². The first kappa shape index (κ1) is 14.0. The number of nitrogens with zero attached hydrogens (tertiary/aromatic N) is 1. The van der Waals surface area contributed by atoms with Crippen molar-refractivity contribution >= 4 is 0 Å². The first-order valence-corrected chi connectivity index (χ1v) is 7.13. The quantitative estimate of drug-likeness (QED) is 0.854. The van der Waals surface area contributed by atoms with Crippen molar-refractivity contribution in [3.8, 4) is 6.07 Å². The molecule has 0 saturated heterocycles. The van der Waals surface area contributed by atoms with E-state index < -0.39 is 0 Å². The van der Waals surface area contributed by atoms with E-state index in [0.29, 0.717) is 12.3 Å². The lowest BCUT2D eigenvalue weighted by molar-refractivity contribution is 0.0996. The van der Waals surface area contributed by atoms with Crippen LogP contribution in [0.1, 0.15) is 43.7 Å². The number of rotatable bonds is 5. The standard InChI is InChI=1S/C16H22N2O/c17-10-9-16(14-6-2-1-3-7-14)18-12-13-5-4-8-15(19)11-13/h1-3,6-7,13,15-16,18-19H,4-5,8-9,11-12H2. The van der Waals surface area contributed by atoms with Crippen LogP contribution in [-0.4, -0.2) is 17.8 Å². The molecule has 0 bridgehead atoms. The van der Waals surface area contributed by atoms with Crippen molar-refractivity contribution < 1.29 is 5.11 Å². The molecule has 2 N–H and O–H groups in total. The number of nitrogens with one attached hydrogen (secondary N) is 1. The Balaban J connectivity index is 1.89. The molecule has 1 aromatic carbocycles. The minimum Gasteiger partial charge on any atom is -0.393 e. The summed E-state index contributed by atoms with van der Waals surface area (Å²) in [5.74, 6) is 0.536. The predicted molar refractivity (Wildman–Crippen MR) is 75.4 cm³/mol. The molecule has 0 aliphatic heterocycles. The Hall–Kier alpha value is -1.37. The molecular weight excluding hydrogens is 236 g/mol. The van der Waals surface area contributed by atoms with Gasteiger partial charge in [0.05, 0.1) is 18.6 Å². The maximum atomic E-state index is 9.69. The fraction of sp³-hybridized carbons (Fsp3) is 0.562. The number of hydrogen-bond donors (Lipinski definition) is 2. The first-order valence-electron chi connectivity index (χ1n) is 7.13. The van der Waals surface area contributed by atoms with E-state index in [1.165, 1.54) is 12.0 Å². The molecule has 2 rings (SSSR count). The molecule has 3 heteroatoms. The van der Waals surface area contributed by atoms with Crippen LogP contribution in [0, 0.1) is 17.2 Å². The van der Waals surface area contributed by atoms with Crippen molar-refractivity contribution in [3.05, 3.63) is 35.9 Å². The monoisotopic (exact) mass is 258 g/mol. The van der Waals surface area contributed by atoms with Crippen molar-refractivity contribution in [2.45, 2.75) is 44.2 Å². The van der Waals surface area contributed by atoms with E-state index in [-0.39, 0.29) is 12.1 Å². The Morgan fingerprint density at radius 1 is 1.32 bits per heavy atom. The largest absolute Gasteiger partial charge is 0.393 e. The van der Waals surface area contributed by atoms with Gasteiger partial charge in [-0.2, -0.15) is 5.26 Å². The number of hydrogen-bond acceptors (Lipinski definition) is 3. The van der Waals surface area contributed by atoms with Gasteiger partial charge in [0.25, 0.3) is 0 Å². The summed E-state index contributed by atoms with van der Waals surface area (Å²) in [5, 5.41) is 22.1. The minimum atomic E-state index is -0.133. The highest BCUT2D eigenvalue weighted by atomic mass is 16.3. The van der Waals surface area contributed by atoms with E-state index in [1.807, 2.05) is 18.2 Å². The lowest BCUT2D eigenvalue weighted by Crippen LogP contribution is -2.31. The highest BCUT2D eigenvalue weighted by Gasteiger charge is 2.21. The summed E-state index contributed by atoms with van der Waals surface area (Å²) in [5.41, 5.74) is 1.17. The van der Waals surface area contributed by atoms with Gasteiger partial charge < -0.3 is 10.4 Å². The lowest BCUT2D eigenvalue weighted by Gasteiger charge is -2.27. The van der Waals surface area contributed by atoms with Crippen molar-refractivity contribution in [1.82, 2.24) is 5.32 Å². The molecule has 0 amide bonds. The topological polar surface area (TPSA) is 56.0 Å². The third-order valence-electron chi connectivity index (χ3n) is 3.91. The molecule has 3 nitrogen and oxygen atoms in total. The van der Waals surface area contributed by atoms with E-state index in [1.54, 1.807) is 0 Å². The van der Waals surface area contributed by atoms with Crippen LogP contribution in [0.2, 0.25) is 0 Å². The van der Waals surface area contributed by atoms with Crippen LogP contribution in [-0.2, 0) is 0 Å². The molecule has 1 aliphatic rings. The smallest absolute Gasteiger partial charge is 0.0641 e. The zero-order valence-electron chi connectivity index (χ0n) is 11.3. The summed E-state index contributed by atoms with van der Waals surface area (Å²) in [6.07, 6.45) is 4.48. The van der Waals surface area contributed by atoms with Crippen LogP contribution in [0.4, 0.5) is 0 Å². The highest BCUT2D eigenvalue weighted by molar-refractivity contribution is 5.19. The second-order valence-electron chi connectivity index (χ2n) is 5.42. The summed E-state index contributed by atoms with van der Waals surface area (Å²) in [6.45, 7) is 0.887. The fourth-order valence-corrected chi connectivity index (χ4v) is 2.84. The minimum absolute atomic E-state index is 0.102. The third-order valence-corrected chi connectivity index (χ3v) is 3.91. The molecule has 1 aliphatic carbocycles. The van der Waals surface area contributed by atoms with Gasteiger partial charge in [-0.05, 0) is 37.3 Å². The Kier molecular flexibility index (Phi) is 5.38. The molecule has 1 saturated carbocycles. The second-order valence-corrected chi connectivity index (χ2v) is 5.42. The molecule has 3 atom stereocenters. The maximum absolute atomic E-state index is 9.69. The summed E-state index contributed by atoms with van der Waals surface area (Å²) in [7, 11) is 0. The Bertz CT molecular complexity index is 413. The van der Waals surface area contributed by atoms with Crippen molar-refractivity contribution in [2.24, 2.45) is 5.92 Å². The van der Waals surface area contributed by atoms with Gasteiger partial charge in [-0.1, -0.05) is 36.8 Å². The van der Waals surface area contributed by atoms with E-state index in [4.69, 9.17) is 5.26 Å². The van der Waals surface area contributed by atoms with E-state index in [0.717, 1.165) is 25.8 Å². The zero-order valence-corrected chi connectivity index (χ0v) is 11.3. The first-order chi connectivity index (χ1) is 9.29. The van der Waals surface area contributed by atoms with Crippen molar-refractivity contribution in [1.29, 1.82) is 5.26 Å². The van der Waals surface area contributed by atoms with Gasteiger partial charge >= 0.3 is 0 Å². The summed E-state index contributed by atoms with van der Waals surface area (Å²) >= 11 is 0. The molecule has 0 aromatic heterocycles. The lowest BCUT2D eigenvalue weighted by atomic mass is 9.87. The molecular formula is C16H22N2O. The fourth-order valence-electron chi connectivity index (χ4n) is 2.84. The van der Waals surface area contributed by atoms with Gasteiger partial charge in [0.2, 0.25) is 0 Å². The Labute approximate surface area is 115 Å². The third kappa shape index (κ3) is 4.34. The van der Waals surface area contributed by atoms with Crippen LogP contribution in [0.15, 0.2) is 30.3 Å². The second kappa shape index (κ2) is 7.28. The summed E-state index contributed by atoms with van der Waals surface area (Å²) in [4.78, 5) is 0. The molecule has 19 heavy (non-hydrogen) atoms. The average Bonchev–Trinajstić information content (AvgIpc) is 2.44. The van der Waals surface area contributed by atoms with Crippen LogP contribution >= 0.6 is 0 Å². The van der Waals surface area contributed by atoms with Gasteiger partial charge in [-0.3, -0.25) is 0 Å². The van der Waals surface area contributed by atoms with Crippen LogP contribution in [0.25, 0.3) is 0 Å². The highest BCUT2D eigenvalue weighted by Crippen LogP contribution is 2.25. The molecule has 1 aromatic rings. The zero-order chi connectivity index (χ0) is 13.5.